The molecule has 0 bridgehead atoms. The Balaban J connectivity index is 2.35. The summed E-state index contributed by atoms with van der Waals surface area (Å²) in [5, 5.41) is 0. The van der Waals surface area contributed by atoms with Gasteiger partial charge in [0.25, 0.3) is 0 Å². The number of hydrogen-bond donors (Lipinski definition) is 0. The summed E-state index contributed by atoms with van der Waals surface area (Å²) < 4.78 is 0. The fourth-order valence-electron chi connectivity index (χ4n) is 1.46. The molecule has 1 aliphatic heterocycles. The van der Waals surface area contributed by atoms with Gasteiger partial charge in [-0.25, -0.2) is 0 Å². The molecule has 1 aliphatic rings. The first kappa shape index (κ1) is 8.95. The van der Waals surface area contributed by atoms with Crippen LogP contribution < -0.4 is 0 Å². The molecule has 0 saturated heterocycles. The second-order valence-electron chi connectivity index (χ2n) is 3.36. The van der Waals surface area contributed by atoms with Crippen molar-refractivity contribution in [1.29, 1.82) is 0 Å². The van der Waals surface area contributed by atoms with Crippen molar-refractivity contribution < 1.29 is 0 Å². The van der Waals surface area contributed by atoms with Gasteiger partial charge in [-0.3, -0.25) is 4.99 Å². The zero-order valence-corrected chi connectivity index (χ0v) is 8.22. The van der Waals surface area contributed by atoms with Gasteiger partial charge in [0.05, 0.1) is 11.8 Å². The van der Waals surface area contributed by atoms with E-state index in [-0.39, 0.29) is 6.04 Å². The molecule has 0 aliphatic carbocycles. The van der Waals surface area contributed by atoms with Crippen LogP contribution in [-0.2, 0) is 0 Å². The number of benzene rings is 1. The highest BCUT2D eigenvalue weighted by atomic mass is 14.8. The van der Waals surface area contributed by atoms with Gasteiger partial charge < -0.3 is 0 Å². The molecular formula is C13H13N. The molecule has 1 atom stereocenters. The van der Waals surface area contributed by atoms with Gasteiger partial charge in [-0.2, -0.15) is 0 Å². The second-order valence-corrected chi connectivity index (χ2v) is 3.36. The minimum absolute atomic E-state index is 0.264. The third-order valence-corrected chi connectivity index (χ3v) is 2.17. The van der Waals surface area contributed by atoms with Crippen LogP contribution in [0.4, 0.5) is 0 Å². The van der Waals surface area contributed by atoms with Crippen LogP contribution in [0.1, 0.15) is 12.5 Å². The van der Waals surface area contributed by atoms with Gasteiger partial charge in [0.15, 0.2) is 0 Å². The van der Waals surface area contributed by atoms with E-state index in [1.165, 1.54) is 5.56 Å². The number of nitrogens with zero attached hydrogens (tertiary/aromatic N) is 1. The van der Waals surface area contributed by atoms with Crippen molar-refractivity contribution >= 4 is 5.71 Å². The van der Waals surface area contributed by atoms with E-state index in [1.54, 1.807) is 0 Å². The highest BCUT2D eigenvalue weighted by Gasteiger charge is 2.02. The lowest BCUT2D eigenvalue weighted by Gasteiger charge is -2.03. The number of hydrogen-bond acceptors (Lipinski definition) is 1. The third-order valence-electron chi connectivity index (χ3n) is 2.17. The molecule has 1 aromatic rings. The van der Waals surface area contributed by atoms with Gasteiger partial charge in [-0.1, -0.05) is 48.6 Å². The van der Waals surface area contributed by atoms with Gasteiger partial charge in [-0.15, -0.1) is 0 Å². The molecule has 1 unspecified atom stereocenters. The van der Waals surface area contributed by atoms with Crippen molar-refractivity contribution in [3.8, 4) is 0 Å². The molecule has 1 heterocycles. The fourth-order valence-corrected chi connectivity index (χ4v) is 1.46. The van der Waals surface area contributed by atoms with E-state index in [2.05, 4.69) is 36.2 Å². The van der Waals surface area contributed by atoms with Gasteiger partial charge in [0.1, 0.15) is 0 Å². The van der Waals surface area contributed by atoms with Crippen LogP contribution in [0.5, 0.6) is 0 Å². The Hall–Kier alpha value is -1.63. The van der Waals surface area contributed by atoms with E-state index in [0.717, 1.165) is 5.71 Å². The van der Waals surface area contributed by atoms with Crippen molar-refractivity contribution in [3.63, 3.8) is 0 Å². The minimum atomic E-state index is 0.264. The van der Waals surface area contributed by atoms with Crippen molar-refractivity contribution in [1.82, 2.24) is 0 Å². The maximum Gasteiger partial charge on any atom is 0.0662 e. The standard InChI is InChI=1S/C13H13N/c1-11-7-5-6-10-13(14-11)12-8-3-2-4-9-12/h2-11H,1H3. The van der Waals surface area contributed by atoms with Crippen molar-refractivity contribution in [2.24, 2.45) is 4.99 Å². The van der Waals surface area contributed by atoms with Gasteiger partial charge in [0, 0.05) is 0 Å². The average molecular weight is 183 g/mol. The summed E-state index contributed by atoms with van der Waals surface area (Å²) in [7, 11) is 0. The predicted molar refractivity (Wildman–Crippen MR) is 60.7 cm³/mol. The Labute approximate surface area is 84.5 Å². The smallest absolute Gasteiger partial charge is 0.0662 e. The van der Waals surface area contributed by atoms with E-state index < -0.39 is 0 Å². The summed E-state index contributed by atoms with van der Waals surface area (Å²) in [5.41, 5.74) is 2.24. The zero-order valence-electron chi connectivity index (χ0n) is 8.22. The van der Waals surface area contributed by atoms with E-state index in [1.807, 2.05) is 30.4 Å². The largest absolute Gasteiger partial charge is 0.278 e. The lowest BCUT2D eigenvalue weighted by molar-refractivity contribution is 0.930. The molecular weight excluding hydrogens is 170 g/mol. The molecule has 0 aromatic heterocycles. The van der Waals surface area contributed by atoms with Crippen molar-refractivity contribution in [3.05, 3.63) is 60.2 Å². The lowest BCUT2D eigenvalue weighted by Crippen LogP contribution is -2.01. The quantitative estimate of drug-likeness (QED) is 0.634. The predicted octanol–water partition coefficient (Wildman–Crippen LogP) is 2.99. The summed E-state index contributed by atoms with van der Waals surface area (Å²) >= 11 is 0. The molecule has 0 saturated carbocycles. The van der Waals surface area contributed by atoms with Crippen LogP contribution in [0.15, 0.2) is 59.6 Å². The summed E-state index contributed by atoms with van der Waals surface area (Å²) in [4.78, 5) is 4.59. The van der Waals surface area contributed by atoms with Crippen LogP contribution in [0, 0.1) is 0 Å². The molecule has 2 rings (SSSR count). The summed E-state index contributed by atoms with van der Waals surface area (Å²) in [6, 6.07) is 10.5. The fraction of sp³-hybridized carbons (Fsp3) is 0.154. The van der Waals surface area contributed by atoms with Crippen molar-refractivity contribution in [2.75, 3.05) is 0 Å². The van der Waals surface area contributed by atoms with E-state index in [9.17, 15) is 0 Å². The highest BCUT2D eigenvalue weighted by molar-refractivity contribution is 6.09. The number of allylic oxidation sites excluding steroid dienone is 3. The van der Waals surface area contributed by atoms with Gasteiger partial charge >= 0.3 is 0 Å². The first-order valence-electron chi connectivity index (χ1n) is 4.84. The first-order valence-corrected chi connectivity index (χ1v) is 4.84. The van der Waals surface area contributed by atoms with E-state index in [0.29, 0.717) is 0 Å². The summed E-state index contributed by atoms with van der Waals surface area (Å²) in [6.07, 6.45) is 8.22. The molecule has 0 radical (unpaired) electrons. The van der Waals surface area contributed by atoms with Crippen LogP contribution in [-0.4, -0.2) is 11.8 Å². The normalized spacial score (nSPS) is 20.4. The highest BCUT2D eigenvalue weighted by Crippen LogP contribution is 2.08. The number of aliphatic imine (C=N–C) groups is 1. The summed E-state index contributed by atoms with van der Waals surface area (Å²) in [5.74, 6) is 0. The van der Waals surface area contributed by atoms with Crippen LogP contribution in [0.3, 0.4) is 0 Å². The first-order chi connectivity index (χ1) is 6.86. The molecule has 0 N–H and O–H groups in total. The van der Waals surface area contributed by atoms with Crippen LogP contribution >= 0.6 is 0 Å². The SMILES string of the molecule is CC1C=CC=CC(c2ccccc2)=N1. The topological polar surface area (TPSA) is 12.4 Å². The third kappa shape index (κ3) is 1.99. The second kappa shape index (κ2) is 4.05. The monoisotopic (exact) mass is 183 g/mol. The molecule has 14 heavy (non-hydrogen) atoms. The minimum Gasteiger partial charge on any atom is -0.278 e. The molecule has 1 heteroatoms. The molecule has 0 spiro atoms. The van der Waals surface area contributed by atoms with Gasteiger partial charge in [-0.05, 0) is 18.6 Å². The Morgan fingerprint density at radius 2 is 1.86 bits per heavy atom. The van der Waals surface area contributed by atoms with Crippen LogP contribution in [0.2, 0.25) is 0 Å². The van der Waals surface area contributed by atoms with Crippen molar-refractivity contribution in [2.45, 2.75) is 13.0 Å². The Morgan fingerprint density at radius 1 is 1.07 bits per heavy atom. The Bertz CT molecular complexity index is 385. The maximum atomic E-state index is 4.59. The molecule has 0 fully saturated rings. The maximum absolute atomic E-state index is 4.59. The van der Waals surface area contributed by atoms with Gasteiger partial charge in [0.2, 0.25) is 0 Å². The average Bonchev–Trinajstić information content (AvgIpc) is 2.44. The number of rotatable bonds is 1. The van der Waals surface area contributed by atoms with E-state index in [4.69, 9.17) is 0 Å². The molecule has 70 valence electrons. The zero-order chi connectivity index (χ0) is 9.80. The van der Waals surface area contributed by atoms with Crippen LogP contribution in [0.25, 0.3) is 0 Å². The Kier molecular flexibility index (Phi) is 2.59. The molecule has 0 amide bonds. The molecule has 1 nitrogen and oxygen atoms in total. The lowest BCUT2D eigenvalue weighted by atomic mass is 10.1. The Morgan fingerprint density at radius 3 is 2.64 bits per heavy atom. The van der Waals surface area contributed by atoms with E-state index >= 15 is 0 Å². The molecule has 1 aromatic carbocycles. The summed E-state index contributed by atoms with van der Waals surface area (Å²) in [6.45, 7) is 2.09.